The number of fused-ring (bicyclic) bond motifs is 1. The van der Waals surface area contributed by atoms with Crippen LogP contribution in [0, 0.1) is 0 Å². The molecule has 1 aliphatic heterocycles. The summed E-state index contributed by atoms with van der Waals surface area (Å²) < 4.78 is 16.9. The maximum absolute atomic E-state index is 11.3. The summed E-state index contributed by atoms with van der Waals surface area (Å²) in [6.07, 6.45) is -9.16. The topological polar surface area (TPSA) is 158 Å². The van der Waals surface area contributed by atoms with Gasteiger partial charge in [0.2, 0.25) is 0 Å². The monoisotopic (exact) mass is 451 g/mol. The van der Waals surface area contributed by atoms with Crippen LogP contribution >= 0.6 is 0 Å². The van der Waals surface area contributed by atoms with Crippen LogP contribution in [0.5, 0.6) is 11.5 Å². The molecule has 0 amide bonds. The van der Waals surface area contributed by atoms with Crippen LogP contribution in [0.25, 0.3) is 10.8 Å². The van der Waals surface area contributed by atoms with Crippen LogP contribution in [-0.4, -0.2) is 87.5 Å². The number of aliphatic hydroxyl groups is 3. The summed E-state index contributed by atoms with van der Waals surface area (Å²) in [6.45, 7) is 4.13. The van der Waals surface area contributed by atoms with Gasteiger partial charge in [0.05, 0.1) is 0 Å². The molecular formula is C22H29NO9. The standard InChI is InChI=1S/C22H29NO9/c1-11(2)23-9-12(31-22-19(27)17(25)18(26)20(32-22)21(28)29)10-30-16-8-7-15(24)13-5-3-4-6-14(13)16/h3-8,11-12,17-20,22-27H,9-10H2,1-2H3,(H,28,29)/t12-,17-,18-,19+,20-,22+/m0/s1. The summed E-state index contributed by atoms with van der Waals surface area (Å²) in [5.74, 6) is -0.866. The van der Waals surface area contributed by atoms with Crippen LogP contribution in [0.15, 0.2) is 36.4 Å². The number of phenolic OH excluding ortho intramolecular Hbond substituents is 1. The third-order valence-electron chi connectivity index (χ3n) is 5.18. The Bertz CT molecular complexity index is 921. The second kappa shape index (κ2) is 10.4. The highest BCUT2D eigenvalue weighted by atomic mass is 16.7. The SMILES string of the molecule is CC(C)NC[C@@H](COc1ccc(O)c2ccccc12)O[C@@H]1O[C@H](C(=O)O)[C@@H](O)[C@H](O)[C@H]1O. The van der Waals surface area contributed by atoms with Crippen molar-refractivity contribution in [3.8, 4) is 11.5 Å². The number of benzene rings is 2. The Morgan fingerprint density at radius 2 is 1.75 bits per heavy atom. The number of carboxylic acids is 1. The molecule has 0 spiro atoms. The van der Waals surface area contributed by atoms with Gasteiger partial charge in [-0.25, -0.2) is 4.79 Å². The number of hydrogen-bond acceptors (Lipinski definition) is 9. The highest BCUT2D eigenvalue weighted by Crippen LogP contribution is 2.32. The minimum Gasteiger partial charge on any atom is -0.507 e. The van der Waals surface area contributed by atoms with Gasteiger partial charge < -0.3 is 45.1 Å². The quantitative estimate of drug-likeness (QED) is 0.311. The molecule has 1 aliphatic rings. The first kappa shape index (κ1) is 24.2. The molecule has 176 valence electrons. The predicted molar refractivity (Wildman–Crippen MR) is 113 cm³/mol. The summed E-state index contributed by atoms with van der Waals surface area (Å²) in [4.78, 5) is 11.3. The summed E-state index contributed by atoms with van der Waals surface area (Å²) in [7, 11) is 0. The molecule has 1 saturated heterocycles. The minimum atomic E-state index is -1.80. The zero-order valence-electron chi connectivity index (χ0n) is 17.8. The molecule has 2 aromatic rings. The zero-order valence-corrected chi connectivity index (χ0v) is 17.8. The van der Waals surface area contributed by atoms with Crippen molar-refractivity contribution in [2.45, 2.75) is 56.7 Å². The highest BCUT2D eigenvalue weighted by molar-refractivity contribution is 5.92. The third kappa shape index (κ3) is 5.47. The molecule has 0 aromatic heterocycles. The number of carbonyl (C=O) groups is 1. The van der Waals surface area contributed by atoms with Crippen LogP contribution < -0.4 is 10.1 Å². The second-order valence-corrected chi connectivity index (χ2v) is 8.00. The smallest absolute Gasteiger partial charge is 0.335 e. The Morgan fingerprint density at radius 3 is 2.41 bits per heavy atom. The molecule has 0 radical (unpaired) electrons. The first-order chi connectivity index (χ1) is 15.2. The van der Waals surface area contributed by atoms with Gasteiger partial charge in [-0.05, 0) is 12.1 Å². The molecular weight excluding hydrogens is 422 g/mol. The summed E-state index contributed by atoms with van der Waals surface area (Å²) in [5.41, 5.74) is 0. The van der Waals surface area contributed by atoms with Crippen LogP contribution in [0.3, 0.4) is 0 Å². The number of aliphatic carboxylic acids is 1. The lowest BCUT2D eigenvalue weighted by molar-refractivity contribution is -0.305. The molecule has 3 rings (SSSR count). The minimum absolute atomic E-state index is 0.00252. The van der Waals surface area contributed by atoms with Gasteiger partial charge >= 0.3 is 5.97 Å². The number of ether oxygens (including phenoxy) is 3. The number of aliphatic hydroxyl groups excluding tert-OH is 3. The van der Waals surface area contributed by atoms with E-state index in [9.17, 15) is 30.3 Å². The second-order valence-electron chi connectivity index (χ2n) is 8.00. The lowest BCUT2D eigenvalue weighted by Gasteiger charge is -2.39. The van der Waals surface area contributed by atoms with E-state index < -0.39 is 42.8 Å². The highest BCUT2D eigenvalue weighted by Gasteiger charge is 2.48. The normalized spacial score (nSPS) is 26.9. The van der Waals surface area contributed by atoms with E-state index in [-0.39, 0.29) is 24.9 Å². The number of aromatic hydroxyl groups is 1. The number of nitrogens with one attached hydrogen (secondary N) is 1. The zero-order chi connectivity index (χ0) is 23.4. The number of hydrogen-bond donors (Lipinski definition) is 6. The van der Waals surface area contributed by atoms with Crippen molar-refractivity contribution in [3.05, 3.63) is 36.4 Å². The predicted octanol–water partition coefficient (Wildman–Crippen LogP) is 0.200. The maximum atomic E-state index is 11.3. The van der Waals surface area contributed by atoms with Gasteiger partial charge in [-0.1, -0.05) is 38.1 Å². The van der Waals surface area contributed by atoms with Crippen molar-refractivity contribution in [3.63, 3.8) is 0 Å². The van der Waals surface area contributed by atoms with E-state index in [1.807, 2.05) is 19.9 Å². The number of phenols is 1. The van der Waals surface area contributed by atoms with Gasteiger partial charge in [-0.15, -0.1) is 0 Å². The van der Waals surface area contributed by atoms with Crippen molar-refractivity contribution in [1.29, 1.82) is 0 Å². The van der Waals surface area contributed by atoms with Crippen LogP contribution in [-0.2, 0) is 14.3 Å². The molecule has 0 bridgehead atoms. The Hall–Kier alpha value is -2.47. The van der Waals surface area contributed by atoms with Crippen molar-refractivity contribution < 1.29 is 44.5 Å². The molecule has 0 aliphatic carbocycles. The van der Waals surface area contributed by atoms with E-state index in [1.165, 1.54) is 6.07 Å². The van der Waals surface area contributed by atoms with Gasteiger partial charge in [-0.2, -0.15) is 0 Å². The Morgan fingerprint density at radius 1 is 1.06 bits per heavy atom. The van der Waals surface area contributed by atoms with Crippen molar-refractivity contribution in [2.75, 3.05) is 13.2 Å². The molecule has 10 nitrogen and oxygen atoms in total. The third-order valence-corrected chi connectivity index (χ3v) is 5.18. The summed E-state index contributed by atoms with van der Waals surface area (Å²) in [6, 6.07) is 10.4. The van der Waals surface area contributed by atoms with E-state index in [1.54, 1.807) is 24.3 Å². The molecule has 6 N–H and O–H groups in total. The summed E-state index contributed by atoms with van der Waals surface area (Å²) in [5, 5.41) is 53.9. The average molecular weight is 451 g/mol. The van der Waals surface area contributed by atoms with E-state index in [0.29, 0.717) is 16.5 Å². The van der Waals surface area contributed by atoms with Crippen molar-refractivity contribution in [2.24, 2.45) is 0 Å². The Balaban J connectivity index is 1.75. The lowest BCUT2D eigenvalue weighted by Crippen LogP contribution is -2.61. The molecule has 0 saturated carbocycles. The molecule has 1 fully saturated rings. The molecule has 6 atom stereocenters. The molecule has 1 heterocycles. The lowest BCUT2D eigenvalue weighted by atomic mass is 9.99. The number of rotatable bonds is 9. The van der Waals surface area contributed by atoms with E-state index in [4.69, 9.17) is 14.2 Å². The van der Waals surface area contributed by atoms with Crippen LogP contribution in [0.2, 0.25) is 0 Å². The summed E-state index contributed by atoms with van der Waals surface area (Å²) >= 11 is 0. The van der Waals surface area contributed by atoms with Gasteiger partial charge in [0.1, 0.15) is 42.5 Å². The van der Waals surface area contributed by atoms with E-state index in [0.717, 1.165) is 0 Å². The van der Waals surface area contributed by atoms with E-state index in [2.05, 4.69) is 5.32 Å². The van der Waals surface area contributed by atoms with Crippen LogP contribution in [0.1, 0.15) is 13.8 Å². The number of carboxylic acid groups (broad SMARTS) is 1. The molecule has 32 heavy (non-hydrogen) atoms. The fraction of sp³-hybridized carbons (Fsp3) is 0.500. The largest absolute Gasteiger partial charge is 0.507 e. The van der Waals surface area contributed by atoms with Crippen molar-refractivity contribution in [1.82, 2.24) is 5.32 Å². The Kier molecular flexibility index (Phi) is 7.88. The fourth-order valence-electron chi connectivity index (χ4n) is 3.43. The van der Waals surface area contributed by atoms with Crippen LogP contribution in [0.4, 0.5) is 0 Å². The first-order valence-corrected chi connectivity index (χ1v) is 10.3. The first-order valence-electron chi connectivity index (χ1n) is 10.3. The van der Waals surface area contributed by atoms with Gasteiger partial charge in [0.15, 0.2) is 12.4 Å². The maximum Gasteiger partial charge on any atom is 0.335 e. The molecule has 10 heteroatoms. The fourth-order valence-corrected chi connectivity index (χ4v) is 3.43. The van der Waals surface area contributed by atoms with Gasteiger partial charge in [-0.3, -0.25) is 0 Å². The molecule has 2 aromatic carbocycles. The van der Waals surface area contributed by atoms with E-state index >= 15 is 0 Å². The Labute approximate surface area is 185 Å². The average Bonchev–Trinajstić information content (AvgIpc) is 2.76. The molecule has 0 unspecified atom stereocenters. The van der Waals surface area contributed by atoms with Gasteiger partial charge in [0.25, 0.3) is 0 Å². The van der Waals surface area contributed by atoms with Crippen molar-refractivity contribution >= 4 is 16.7 Å². The van der Waals surface area contributed by atoms with Gasteiger partial charge in [0, 0.05) is 23.4 Å².